The number of hydrogen-bond donors (Lipinski definition) is 1. The monoisotopic (exact) mass is 246 g/mol. The number of thiophene rings is 1. The molecule has 1 aromatic heterocycles. The molecular weight excluding hydrogens is 228 g/mol. The van der Waals surface area contributed by atoms with Crippen LogP contribution in [0.3, 0.4) is 0 Å². The van der Waals surface area contributed by atoms with E-state index < -0.39 is 0 Å². The van der Waals surface area contributed by atoms with E-state index >= 15 is 0 Å². The molecule has 1 nitrogen and oxygen atoms in total. The number of aryl methyl sites for hydroxylation is 2. The molecule has 0 amide bonds. The van der Waals surface area contributed by atoms with Crippen molar-refractivity contribution in [3.63, 3.8) is 0 Å². The summed E-state index contributed by atoms with van der Waals surface area (Å²) in [5.74, 6) is 0. The zero-order valence-corrected chi connectivity index (χ0v) is 10.9. The standard InChI is InChI=1S/C15H18OS/c1-12-5-2-6-13(11-12)15(16)9-3-7-14-8-4-10-17-14/h2,4-6,8,10-11,15-16H,3,7,9H2,1H3. The van der Waals surface area contributed by atoms with Gasteiger partial charge < -0.3 is 5.11 Å². The van der Waals surface area contributed by atoms with Gasteiger partial charge in [0.2, 0.25) is 0 Å². The Labute approximate surface area is 107 Å². The van der Waals surface area contributed by atoms with Crippen LogP contribution >= 0.6 is 11.3 Å². The van der Waals surface area contributed by atoms with E-state index in [0.29, 0.717) is 0 Å². The topological polar surface area (TPSA) is 20.2 Å². The number of hydrogen-bond acceptors (Lipinski definition) is 2. The lowest BCUT2D eigenvalue weighted by molar-refractivity contribution is 0.164. The fourth-order valence-electron chi connectivity index (χ4n) is 1.97. The SMILES string of the molecule is Cc1cccc(C(O)CCCc2cccs2)c1. The molecule has 0 bridgehead atoms. The maximum Gasteiger partial charge on any atom is 0.0790 e. The van der Waals surface area contributed by atoms with Crippen LogP contribution in [-0.2, 0) is 6.42 Å². The first kappa shape index (κ1) is 12.3. The van der Waals surface area contributed by atoms with E-state index in [1.165, 1.54) is 10.4 Å². The average molecular weight is 246 g/mol. The smallest absolute Gasteiger partial charge is 0.0790 e. The molecule has 17 heavy (non-hydrogen) atoms. The number of benzene rings is 1. The van der Waals surface area contributed by atoms with Gasteiger partial charge >= 0.3 is 0 Å². The minimum absolute atomic E-state index is 0.324. The van der Waals surface area contributed by atoms with Gasteiger partial charge in [-0.2, -0.15) is 0 Å². The summed E-state index contributed by atoms with van der Waals surface area (Å²) in [5, 5.41) is 12.2. The predicted octanol–water partition coefficient (Wildman–Crippen LogP) is 4.11. The lowest BCUT2D eigenvalue weighted by Gasteiger charge is -2.11. The molecule has 1 atom stereocenters. The van der Waals surface area contributed by atoms with Gasteiger partial charge in [-0.15, -0.1) is 11.3 Å². The first-order valence-electron chi connectivity index (χ1n) is 6.03. The molecule has 0 aliphatic carbocycles. The minimum Gasteiger partial charge on any atom is -0.388 e. The quantitative estimate of drug-likeness (QED) is 0.841. The molecule has 1 unspecified atom stereocenters. The van der Waals surface area contributed by atoms with Crippen LogP contribution in [0.15, 0.2) is 41.8 Å². The molecule has 2 heteroatoms. The van der Waals surface area contributed by atoms with Crippen molar-refractivity contribution in [3.8, 4) is 0 Å². The summed E-state index contributed by atoms with van der Waals surface area (Å²) in [4.78, 5) is 1.40. The Morgan fingerprint density at radius 1 is 1.24 bits per heavy atom. The van der Waals surface area contributed by atoms with Crippen LogP contribution < -0.4 is 0 Å². The van der Waals surface area contributed by atoms with Crippen molar-refractivity contribution in [2.45, 2.75) is 32.3 Å². The Morgan fingerprint density at radius 3 is 2.82 bits per heavy atom. The molecule has 2 rings (SSSR count). The van der Waals surface area contributed by atoms with Crippen LogP contribution in [0.5, 0.6) is 0 Å². The zero-order chi connectivity index (χ0) is 12.1. The Hall–Kier alpha value is -1.12. The van der Waals surface area contributed by atoms with Gasteiger partial charge in [0, 0.05) is 4.88 Å². The van der Waals surface area contributed by atoms with Crippen molar-refractivity contribution in [3.05, 3.63) is 57.8 Å². The third-order valence-electron chi connectivity index (χ3n) is 2.91. The maximum absolute atomic E-state index is 10.1. The van der Waals surface area contributed by atoms with Crippen molar-refractivity contribution in [2.24, 2.45) is 0 Å². The van der Waals surface area contributed by atoms with Crippen LogP contribution in [0.1, 0.15) is 34.9 Å². The summed E-state index contributed by atoms with van der Waals surface area (Å²) in [5.41, 5.74) is 2.25. The normalized spacial score (nSPS) is 12.6. The number of rotatable bonds is 5. The molecule has 0 radical (unpaired) electrons. The molecule has 0 saturated carbocycles. The van der Waals surface area contributed by atoms with E-state index in [1.54, 1.807) is 11.3 Å². The molecule has 2 aromatic rings. The molecule has 1 heterocycles. The summed E-state index contributed by atoms with van der Waals surface area (Å²) < 4.78 is 0. The van der Waals surface area contributed by atoms with Crippen molar-refractivity contribution in [1.82, 2.24) is 0 Å². The lowest BCUT2D eigenvalue weighted by atomic mass is 10.0. The highest BCUT2D eigenvalue weighted by Crippen LogP contribution is 2.21. The molecule has 1 N–H and O–H groups in total. The molecule has 1 aromatic carbocycles. The molecular formula is C15H18OS. The van der Waals surface area contributed by atoms with Crippen molar-refractivity contribution < 1.29 is 5.11 Å². The lowest BCUT2D eigenvalue weighted by Crippen LogP contribution is -1.98. The predicted molar refractivity (Wildman–Crippen MR) is 73.4 cm³/mol. The molecule has 0 fully saturated rings. The Bertz CT molecular complexity index is 448. The van der Waals surface area contributed by atoms with E-state index in [-0.39, 0.29) is 6.10 Å². The average Bonchev–Trinajstić information content (AvgIpc) is 2.82. The van der Waals surface area contributed by atoms with E-state index in [9.17, 15) is 5.11 Å². The molecule has 0 spiro atoms. The highest BCUT2D eigenvalue weighted by Gasteiger charge is 2.07. The van der Waals surface area contributed by atoms with Crippen LogP contribution in [0.25, 0.3) is 0 Å². The second-order valence-corrected chi connectivity index (χ2v) is 5.43. The van der Waals surface area contributed by atoms with Crippen molar-refractivity contribution in [1.29, 1.82) is 0 Å². The Balaban J connectivity index is 1.83. The largest absolute Gasteiger partial charge is 0.388 e. The second kappa shape index (κ2) is 5.99. The van der Waals surface area contributed by atoms with Gasteiger partial charge in [0.25, 0.3) is 0 Å². The summed E-state index contributed by atoms with van der Waals surface area (Å²) in [6.07, 6.45) is 2.62. The van der Waals surface area contributed by atoms with E-state index in [0.717, 1.165) is 24.8 Å². The van der Waals surface area contributed by atoms with E-state index in [1.807, 2.05) is 12.1 Å². The maximum atomic E-state index is 10.1. The van der Waals surface area contributed by atoms with Gasteiger partial charge in [0.05, 0.1) is 6.10 Å². The number of aliphatic hydroxyl groups excluding tert-OH is 1. The molecule has 90 valence electrons. The summed E-state index contributed by atoms with van der Waals surface area (Å²) in [7, 11) is 0. The van der Waals surface area contributed by atoms with Gasteiger partial charge in [0.15, 0.2) is 0 Å². The Morgan fingerprint density at radius 2 is 2.12 bits per heavy atom. The first-order chi connectivity index (χ1) is 8.25. The fraction of sp³-hybridized carbons (Fsp3) is 0.333. The summed E-state index contributed by atoms with van der Waals surface area (Å²) >= 11 is 1.79. The third kappa shape index (κ3) is 3.69. The molecule has 0 saturated heterocycles. The van der Waals surface area contributed by atoms with Gasteiger partial charge in [-0.25, -0.2) is 0 Å². The third-order valence-corrected chi connectivity index (χ3v) is 3.84. The number of aliphatic hydroxyl groups is 1. The minimum atomic E-state index is -0.324. The summed E-state index contributed by atoms with van der Waals surface area (Å²) in [6, 6.07) is 12.4. The molecule has 0 aliphatic rings. The van der Waals surface area contributed by atoms with Crippen LogP contribution in [-0.4, -0.2) is 5.11 Å². The van der Waals surface area contributed by atoms with Gasteiger partial charge in [-0.1, -0.05) is 35.9 Å². The first-order valence-corrected chi connectivity index (χ1v) is 6.90. The van der Waals surface area contributed by atoms with Crippen LogP contribution in [0, 0.1) is 6.92 Å². The van der Waals surface area contributed by atoms with Crippen molar-refractivity contribution in [2.75, 3.05) is 0 Å². The van der Waals surface area contributed by atoms with Crippen molar-refractivity contribution >= 4 is 11.3 Å². The van der Waals surface area contributed by atoms with Crippen LogP contribution in [0.2, 0.25) is 0 Å². The van der Waals surface area contributed by atoms with Gasteiger partial charge in [0.1, 0.15) is 0 Å². The molecule has 0 aliphatic heterocycles. The van der Waals surface area contributed by atoms with E-state index in [4.69, 9.17) is 0 Å². The fourth-order valence-corrected chi connectivity index (χ4v) is 2.72. The Kier molecular flexibility index (Phi) is 4.35. The zero-order valence-electron chi connectivity index (χ0n) is 10.1. The van der Waals surface area contributed by atoms with E-state index in [2.05, 4.69) is 36.6 Å². The van der Waals surface area contributed by atoms with Gasteiger partial charge in [-0.3, -0.25) is 0 Å². The van der Waals surface area contributed by atoms with Crippen LogP contribution in [0.4, 0.5) is 0 Å². The summed E-state index contributed by atoms with van der Waals surface area (Å²) in [6.45, 7) is 2.06. The van der Waals surface area contributed by atoms with Gasteiger partial charge in [-0.05, 0) is 43.2 Å². The highest BCUT2D eigenvalue weighted by atomic mass is 32.1. The second-order valence-electron chi connectivity index (χ2n) is 4.40. The highest BCUT2D eigenvalue weighted by molar-refractivity contribution is 7.09.